The number of carbonyl (C=O) groups excluding carboxylic acids is 1. The number of carbonyl (C=O) groups is 1. The Balaban J connectivity index is 2.07. The van der Waals surface area contributed by atoms with Gasteiger partial charge in [-0.05, 0) is 43.3 Å². The molecule has 0 fully saturated rings. The third-order valence-corrected chi connectivity index (χ3v) is 5.86. The van der Waals surface area contributed by atoms with E-state index in [0.29, 0.717) is 9.92 Å². The van der Waals surface area contributed by atoms with Gasteiger partial charge in [-0.3, -0.25) is 4.79 Å². The number of benzene rings is 2. The maximum Gasteiger partial charge on any atom is 0.264 e. The van der Waals surface area contributed by atoms with Gasteiger partial charge < -0.3 is 0 Å². The SMILES string of the molecule is Cc1ccc(S(C)(=O)=NC(=O)CSc2ccc(Cl)cc2)cc1. The molecule has 0 aliphatic heterocycles. The summed E-state index contributed by atoms with van der Waals surface area (Å²) < 4.78 is 16.4. The van der Waals surface area contributed by atoms with E-state index in [1.165, 1.54) is 18.0 Å². The molecular weight excluding hydrogens is 338 g/mol. The molecule has 0 bridgehead atoms. The fraction of sp³-hybridized carbons (Fsp3) is 0.188. The van der Waals surface area contributed by atoms with Crippen LogP contribution in [0.2, 0.25) is 5.02 Å². The minimum absolute atomic E-state index is 0.151. The van der Waals surface area contributed by atoms with E-state index in [1.54, 1.807) is 24.3 Å². The van der Waals surface area contributed by atoms with Gasteiger partial charge in [0.25, 0.3) is 5.91 Å². The molecule has 6 heteroatoms. The lowest BCUT2D eigenvalue weighted by molar-refractivity contribution is -0.115. The summed E-state index contributed by atoms with van der Waals surface area (Å²) in [5.74, 6) is -0.230. The number of halogens is 1. The van der Waals surface area contributed by atoms with Crippen molar-refractivity contribution >= 4 is 39.0 Å². The smallest absolute Gasteiger partial charge is 0.264 e. The van der Waals surface area contributed by atoms with E-state index in [-0.39, 0.29) is 11.7 Å². The van der Waals surface area contributed by atoms with Crippen LogP contribution in [0.4, 0.5) is 0 Å². The van der Waals surface area contributed by atoms with Gasteiger partial charge >= 0.3 is 0 Å². The van der Waals surface area contributed by atoms with E-state index in [4.69, 9.17) is 11.6 Å². The van der Waals surface area contributed by atoms with Crippen LogP contribution in [0.3, 0.4) is 0 Å². The molecule has 0 aliphatic carbocycles. The number of nitrogens with zero attached hydrogens (tertiary/aromatic N) is 1. The molecule has 0 aromatic heterocycles. The van der Waals surface area contributed by atoms with E-state index in [1.807, 2.05) is 31.2 Å². The van der Waals surface area contributed by atoms with Gasteiger partial charge in [0.15, 0.2) is 0 Å². The van der Waals surface area contributed by atoms with Gasteiger partial charge in [0.1, 0.15) is 0 Å². The Hall–Kier alpha value is -1.30. The molecule has 116 valence electrons. The number of amides is 1. The van der Waals surface area contributed by atoms with Gasteiger partial charge in [0, 0.05) is 21.1 Å². The molecule has 0 saturated carbocycles. The fourth-order valence-corrected chi connectivity index (χ4v) is 3.83. The summed E-state index contributed by atoms with van der Waals surface area (Å²) in [5.41, 5.74) is 1.07. The summed E-state index contributed by atoms with van der Waals surface area (Å²) >= 11 is 7.16. The summed E-state index contributed by atoms with van der Waals surface area (Å²) in [6.07, 6.45) is 1.49. The zero-order valence-corrected chi connectivity index (χ0v) is 14.7. The summed E-state index contributed by atoms with van der Waals surface area (Å²) in [5, 5.41) is 0.649. The van der Waals surface area contributed by atoms with Gasteiger partial charge in [-0.1, -0.05) is 29.3 Å². The first-order chi connectivity index (χ1) is 10.4. The zero-order chi connectivity index (χ0) is 16.2. The molecule has 1 amide bonds. The topological polar surface area (TPSA) is 46.5 Å². The van der Waals surface area contributed by atoms with E-state index >= 15 is 0 Å². The Kier molecular flexibility index (Phi) is 5.67. The Morgan fingerprint density at radius 1 is 1.14 bits per heavy atom. The molecule has 2 aromatic carbocycles. The molecule has 2 aromatic rings. The van der Waals surface area contributed by atoms with E-state index in [0.717, 1.165) is 10.5 Å². The molecule has 0 radical (unpaired) electrons. The maximum atomic E-state index is 12.6. The third kappa shape index (κ3) is 4.87. The minimum atomic E-state index is -2.70. The Morgan fingerprint density at radius 3 is 2.32 bits per heavy atom. The largest absolute Gasteiger partial charge is 0.271 e. The molecule has 0 saturated heterocycles. The number of hydrogen-bond donors (Lipinski definition) is 0. The number of rotatable bonds is 4. The normalized spacial score (nSPS) is 13.4. The zero-order valence-electron chi connectivity index (χ0n) is 12.3. The lowest BCUT2D eigenvalue weighted by Crippen LogP contribution is -2.05. The first-order valence-electron chi connectivity index (χ1n) is 6.57. The quantitative estimate of drug-likeness (QED) is 0.764. The second kappa shape index (κ2) is 7.31. The second-order valence-electron chi connectivity index (χ2n) is 4.84. The van der Waals surface area contributed by atoms with E-state index in [9.17, 15) is 9.00 Å². The van der Waals surface area contributed by atoms with Crippen molar-refractivity contribution in [3.05, 3.63) is 59.1 Å². The molecule has 0 aliphatic rings. The first kappa shape index (κ1) is 17.1. The first-order valence-corrected chi connectivity index (χ1v) is 9.85. The number of hydrogen-bond acceptors (Lipinski definition) is 3. The molecule has 3 nitrogen and oxygen atoms in total. The van der Waals surface area contributed by atoms with Crippen LogP contribution >= 0.6 is 23.4 Å². The molecule has 22 heavy (non-hydrogen) atoms. The summed E-state index contributed by atoms with van der Waals surface area (Å²) in [6, 6.07) is 14.4. The van der Waals surface area contributed by atoms with Crippen molar-refractivity contribution in [2.75, 3.05) is 12.0 Å². The van der Waals surface area contributed by atoms with Crippen LogP contribution in [0.1, 0.15) is 5.56 Å². The third-order valence-electron chi connectivity index (χ3n) is 2.91. The highest BCUT2D eigenvalue weighted by Gasteiger charge is 2.10. The Morgan fingerprint density at radius 2 is 1.73 bits per heavy atom. The van der Waals surface area contributed by atoms with E-state index < -0.39 is 9.73 Å². The predicted molar refractivity (Wildman–Crippen MR) is 93.1 cm³/mol. The van der Waals surface area contributed by atoms with Gasteiger partial charge in [-0.25, -0.2) is 4.21 Å². The molecule has 2 rings (SSSR count). The molecule has 1 atom stereocenters. The predicted octanol–water partition coefficient (Wildman–Crippen LogP) is 4.42. The molecule has 0 spiro atoms. The van der Waals surface area contributed by atoms with Crippen molar-refractivity contribution in [2.24, 2.45) is 4.36 Å². The monoisotopic (exact) mass is 353 g/mol. The lowest BCUT2D eigenvalue weighted by Gasteiger charge is -2.04. The summed E-state index contributed by atoms with van der Waals surface area (Å²) in [4.78, 5) is 13.4. The van der Waals surface area contributed by atoms with Gasteiger partial charge in [0.05, 0.1) is 15.5 Å². The van der Waals surface area contributed by atoms with Crippen LogP contribution in [-0.4, -0.2) is 22.1 Å². The molecular formula is C16H16ClNO2S2. The van der Waals surface area contributed by atoms with Crippen LogP contribution in [0.15, 0.2) is 62.7 Å². The van der Waals surface area contributed by atoms with Crippen LogP contribution < -0.4 is 0 Å². The fourth-order valence-electron chi connectivity index (χ4n) is 1.74. The van der Waals surface area contributed by atoms with Crippen molar-refractivity contribution in [1.29, 1.82) is 0 Å². The van der Waals surface area contributed by atoms with Crippen LogP contribution in [0.25, 0.3) is 0 Å². The van der Waals surface area contributed by atoms with Crippen molar-refractivity contribution in [2.45, 2.75) is 16.7 Å². The average molecular weight is 354 g/mol. The maximum absolute atomic E-state index is 12.6. The lowest BCUT2D eigenvalue weighted by atomic mass is 10.2. The Bertz CT molecular complexity index is 777. The van der Waals surface area contributed by atoms with Crippen LogP contribution in [-0.2, 0) is 14.5 Å². The summed E-state index contributed by atoms with van der Waals surface area (Å²) in [6.45, 7) is 1.95. The van der Waals surface area contributed by atoms with Gasteiger partial charge in [-0.15, -0.1) is 11.8 Å². The Labute approximate surface area is 140 Å². The van der Waals surface area contributed by atoms with E-state index in [2.05, 4.69) is 4.36 Å². The number of aryl methyl sites for hydroxylation is 1. The summed E-state index contributed by atoms with van der Waals surface area (Å²) in [7, 11) is -2.70. The highest BCUT2D eigenvalue weighted by atomic mass is 35.5. The van der Waals surface area contributed by atoms with Crippen LogP contribution in [0.5, 0.6) is 0 Å². The highest BCUT2D eigenvalue weighted by Crippen LogP contribution is 2.21. The minimum Gasteiger partial charge on any atom is -0.271 e. The molecule has 1 unspecified atom stereocenters. The highest BCUT2D eigenvalue weighted by molar-refractivity contribution is 8.00. The van der Waals surface area contributed by atoms with Gasteiger partial charge in [0.2, 0.25) is 0 Å². The molecule has 0 heterocycles. The van der Waals surface area contributed by atoms with Crippen molar-refractivity contribution in [3.63, 3.8) is 0 Å². The van der Waals surface area contributed by atoms with Gasteiger partial charge in [-0.2, -0.15) is 4.36 Å². The average Bonchev–Trinajstić information content (AvgIpc) is 2.46. The standard InChI is InChI=1S/C16H16ClNO2S2/c1-12-3-9-15(10-4-12)22(2,20)18-16(19)11-21-14-7-5-13(17)6-8-14/h3-10H,11H2,1-2H3. The molecule has 0 N–H and O–H groups in total. The van der Waals surface area contributed by atoms with Crippen molar-refractivity contribution in [3.8, 4) is 0 Å². The number of thioether (sulfide) groups is 1. The van der Waals surface area contributed by atoms with Crippen LogP contribution in [0, 0.1) is 6.92 Å². The van der Waals surface area contributed by atoms with Crippen molar-refractivity contribution < 1.29 is 9.00 Å². The second-order valence-corrected chi connectivity index (χ2v) is 8.59. The van der Waals surface area contributed by atoms with Crippen molar-refractivity contribution in [1.82, 2.24) is 0 Å².